The average Bonchev–Trinajstić information content (AvgIpc) is 3.03. The second-order valence-electron chi connectivity index (χ2n) is 4.67. The van der Waals surface area contributed by atoms with Crippen molar-refractivity contribution in [2.24, 2.45) is 5.41 Å². The maximum atomic E-state index is 13.2. The van der Waals surface area contributed by atoms with Gasteiger partial charge in [-0.05, 0) is 37.0 Å². The van der Waals surface area contributed by atoms with Crippen molar-refractivity contribution in [3.63, 3.8) is 0 Å². The molecule has 1 heterocycles. The Balaban J connectivity index is 1.97. The summed E-state index contributed by atoms with van der Waals surface area (Å²) in [6.07, 6.45) is 2.00. The lowest BCUT2D eigenvalue weighted by molar-refractivity contribution is -0.121. The van der Waals surface area contributed by atoms with Gasteiger partial charge < -0.3 is 4.90 Å². The van der Waals surface area contributed by atoms with E-state index in [1.165, 1.54) is 12.1 Å². The third kappa shape index (κ3) is 1.42. The molecule has 2 aliphatic rings. The summed E-state index contributed by atoms with van der Waals surface area (Å²) >= 11 is 0. The molecular weight excluding hydrogens is 219 g/mol. The van der Waals surface area contributed by atoms with Crippen molar-refractivity contribution in [1.29, 1.82) is 5.26 Å². The maximum absolute atomic E-state index is 13.2. The van der Waals surface area contributed by atoms with Crippen molar-refractivity contribution in [2.75, 3.05) is 11.4 Å². The van der Waals surface area contributed by atoms with Gasteiger partial charge in [-0.15, -0.1) is 0 Å². The molecule has 1 aliphatic heterocycles. The van der Waals surface area contributed by atoms with E-state index in [9.17, 15) is 9.18 Å². The lowest BCUT2D eigenvalue weighted by Crippen LogP contribution is -2.35. The molecule has 17 heavy (non-hydrogen) atoms. The first-order valence-corrected chi connectivity index (χ1v) is 5.68. The average molecular weight is 230 g/mol. The van der Waals surface area contributed by atoms with Gasteiger partial charge in [-0.25, -0.2) is 4.39 Å². The zero-order chi connectivity index (χ0) is 12.0. The van der Waals surface area contributed by atoms with Gasteiger partial charge in [-0.1, -0.05) is 6.07 Å². The number of hydrogen-bond acceptors (Lipinski definition) is 2. The minimum absolute atomic E-state index is 0.163. The molecule has 4 heteroatoms. The summed E-state index contributed by atoms with van der Waals surface area (Å²) in [6.45, 7) is 0.557. The Morgan fingerprint density at radius 1 is 1.47 bits per heavy atom. The Labute approximate surface area is 98.5 Å². The molecule has 0 saturated heterocycles. The number of amides is 1. The number of hydrogen-bond donors (Lipinski definition) is 0. The van der Waals surface area contributed by atoms with E-state index in [2.05, 4.69) is 6.07 Å². The Morgan fingerprint density at radius 3 is 2.88 bits per heavy atom. The molecule has 3 nitrogen and oxygen atoms in total. The van der Waals surface area contributed by atoms with Gasteiger partial charge in [0, 0.05) is 12.2 Å². The summed E-state index contributed by atoms with van der Waals surface area (Å²) in [6, 6.07) is 6.59. The second kappa shape index (κ2) is 3.30. The van der Waals surface area contributed by atoms with E-state index in [0.717, 1.165) is 12.0 Å². The molecule has 0 aromatic heterocycles. The summed E-state index contributed by atoms with van der Waals surface area (Å²) < 4.78 is 13.2. The number of rotatable bonds is 1. The lowest BCUT2D eigenvalue weighted by Gasteiger charge is -2.19. The summed E-state index contributed by atoms with van der Waals surface area (Å²) in [5.41, 5.74) is 0.790. The molecule has 1 aliphatic carbocycles. The van der Waals surface area contributed by atoms with Crippen LogP contribution in [0.4, 0.5) is 10.1 Å². The Hall–Kier alpha value is -1.89. The molecule has 0 atom stereocenters. The van der Waals surface area contributed by atoms with Crippen LogP contribution in [0.5, 0.6) is 0 Å². The topological polar surface area (TPSA) is 44.1 Å². The van der Waals surface area contributed by atoms with E-state index in [4.69, 9.17) is 5.26 Å². The highest BCUT2D eigenvalue weighted by Crippen LogP contribution is 2.48. The number of fused-ring (bicyclic) bond motifs is 1. The van der Waals surface area contributed by atoms with E-state index in [1.54, 1.807) is 11.0 Å². The van der Waals surface area contributed by atoms with Crippen LogP contribution in [0.15, 0.2) is 18.2 Å². The van der Waals surface area contributed by atoms with Crippen LogP contribution in [0.2, 0.25) is 0 Å². The number of nitriles is 1. The van der Waals surface area contributed by atoms with Crippen LogP contribution in [0.1, 0.15) is 18.4 Å². The van der Waals surface area contributed by atoms with Crippen LogP contribution >= 0.6 is 0 Å². The fourth-order valence-electron chi connectivity index (χ4n) is 2.32. The first-order valence-electron chi connectivity index (χ1n) is 5.68. The van der Waals surface area contributed by atoms with Crippen LogP contribution in [-0.4, -0.2) is 12.5 Å². The number of halogens is 1. The first-order chi connectivity index (χ1) is 8.16. The fraction of sp³-hybridized carbons (Fsp3) is 0.385. The number of anilines is 1. The highest BCUT2D eigenvalue weighted by Gasteiger charge is 2.53. The van der Waals surface area contributed by atoms with Gasteiger partial charge in [0.1, 0.15) is 11.2 Å². The predicted octanol–water partition coefficient (Wildman–Crippen LogP) is 2.02. The SMILES string of the molecule is N#CC1(C(=O)N2CCc3ccc(F)cc32)CC1. The summed E-state index contributed by atoms with van der Waals surface area (Å²) in [5, 5.41) is 9.02. The van der Waals surface area contributed by atoms with Crippen LogP contribution in [0, 0.1) is 22.6 Å². The molecule has 3 rings (SSSR count). The van der Waals surface area contributed by atoms with Gasteiger partial charge in [0.15, 0.2) is 0 Å². The van der Waals surface area contributed by atoms with Crippen LogP contribution in [0.3, 0.4) is 0 Å². The third-order valence-electron chi connectivity index (χ3n) is 3.56. The van der Waals surface area contributed by atoms with Crippen LogP contribution in [0.25, 0.3) is 0 Å². The van der Waals surface area contributed by atoms with Crippen molar-refractivity contribution in [1.82, 2.24) is 0 Å². The largest absolute Gasteiger partial charge is 0.310 e. The molecule has 1 aromatic carbocycles. The van der Waals surface area contributed by atoms with Crippen molar-refractivity contribution < 1.29 is 9.18 Å². The van der Waals surface area contributed by atoms with Gasteiger partial charge in [0.05, 0.1) is 6.07 Å². The first kappa shape index (κ1) is 10.3. The standard InChI is InChI=1S/C13H11FN2O/c14-10-2-1-9-3-6-16(11(9)7-10)12(17)13(8-15)4-5-13/h1-2,7H,3-6H2. The Bertz CT molecular complexity index is 543. The van der Waals surface area contributed by atoms with E-state index < -0.39 is 5.41 Å². The smallest absolute Gasteiger partial charge is 0.247 e. The summed E-state index contributed by atoms with van der Waals surface area (Å²) in [7, 11) is 0. The van der Waals surface area contributed by atoms with Crippen molar-refractivity contribution in [3.05, 3.63) is 29.6 Å². The molecule has 1 saturated carbocycles. The number of carbonyl (C=O) groups excluding carboxylic acids is 1. The Kier molecular flexibility index (Phi) is 1.99. The van der Waals surface area contributed by atoms with Crippen LogP contribution < -0.4 is 4.90 Å². The zero-order valence-electron chi connectivity index (χ0n) is 9.24. The molecular formula is C13H11FN2O. The van der Waals surface area contributed by atoms with Gasteiger partial charge >= 0.3 is 0 Å². The van der Waals surface area contributed by atoms with Crippen molar-refractivity contribution >= 4 is 11.6 Å². The number of nitrogens with zero attached hydrogens (tertiary/aromatic N) is 2. The van der Waals surface area contributed by atoms with Gasteiger partial charge in [0.25, 0.3) is 0 Å². The molecule has 0 spiro atoms. The molecule has 86 valence electrons. The monoisotopic (exact) mass is 230 g/mol. The normalized spacial score (nSPS) is 19.6. The van der Waals surface area contributed by atoms with E-state index in [1.807, 2.05) is 0 Å². The summed E-state index contributed by atoms with van der Waals surface area (Å²) in [5.74, 6) is -0.505. The van der Waals surface area contributed by atoms with E-state index >= 15 is 0 Å². The van der Waals surface area contributed by atoms with E-state index in [-0.39, 0.29) is 11.7 Å². The highest BCUT2D eigenvalue weighted by molar-refractivity contribution is 6.02. The maximum Gasteiger partial charge on any atom is 0.247 e. The minimum atomic E-state index is -0.825. The minimum Gasteiger partial charge on any atom is -0.310 e. The highest BCUT2D eigenvalue weighted by atomic mass is 19.1. The molecule has 0 unspecified atom stereocenters. The quantitative estimate of drug-likeness (QED) is 0.740. The lowest BCUT2D eigenvalue weighted by atomic mass is 10.1. The second-order valence-corrected chi connectivity index (χ2v) is 4.67. The molecule has 1 amide bonds. The van der Waals surface area contributed by atoms with Gasteiger partial charge in [0.2, 0.25) is 5.91 Å². The molecule has 0 radical (unpaired) electrons. The molecule has 1 fully saturated rings. The number of benzene rings is 1. The van der Waals surface area contributed by atoms with Crippen molar-refractivity contribution in [2.45, 2.75) is 19.3 Å². The third-order valence-corrected chi connectivity index (χ3v) is 3.56. The Morgan fingerprint density at radius 2 is 2.24 bits per heavy atom. The predicted molar refractivity (Wildman–Crippen MR) is 59.7 cm³/mol. The molecule has 0 N–H and O–H groups in total. The van der Waals surface area contributed by atoms with Crippen molar-refractivity contribution in [3.8, 4) is 6.07 Å². The fourth-order valence-corrected chi connectivity index (χ4v) is 2.32. The molecule has 0 bridgehead atoms. The van der Waals surface area contributed by atoms with E-state index in [0.29, 0.717) is 25.1 Å². The number of carbonyl (C=O) groups is 1. The summed E-state index contributed by atoms with van der Waals surface area (Å²) in [4.78, 5) is 13.8. The molecule has 1 aromatic rings. The zero-order valence-corrected chi connectivity index (χ0v) is 9.24. The van der Waals surface area contributed by atoms with Gasteiger partial charge in [-0.2, -0.15) is 5.26 Å². The van der Waals surface area contributed by atoms with Crippen LogP contribution in [-0.2, 0) is 11.2 Å². The van der Waals surface area contributed by atoms with Gasteiger partial charge in [-0.3, -0.25) is 4.79 Å².